The van der Waals surface area contributed by atoms with E-state index >= 15 is 0 Å². The molecule has 1 aromatic heterocycles. The van der Waals surface area contributed by atoms with Gasteiger partial charge in [0.1, 0.15) is 5.69 Å². The first-order chi connectivity index (χ1) is 12.1. The predicted octanol–water partition coefficient (Wildman–Crippen LogP) is 2.99. The van der Waals surface area contributed by atoms with Crippen LogP contribution in [0.1, 0.15) is 24.3 Å². The van der Waals surface area contributed by atoms with Crippen LogP contribution >= 0.6 is 0 Å². The van der Waals surface area contributed by atoms with Crippen LogP contribution in [-0.2, 0) is 4.74 Å². The molecule has 2 aromatic rings. The van der Waals surface area contributed by atoms with Crippen molar-refractivity contribution in [2.45, 2.75) is 19.9 Å². The highest BCUT2D eigenvalue weighted by Gasteiger charge is 2.17. The highest BCUT2D eigenvalue weighted by atomic mass is 16.5. The number of nitrogens with one attached hydrogen (secondary N) is 2. The van der Waals surface area contributed by atoms with Gasteiger partial charge in [0.2, 0.25) is 0 Å². The number of para-hydroxylation sites is 2. The Morgan fingerprint density at radius 2 is 1.96 bits per heavy atom. The molecular weight excluding hydrogens is 316 g/mol. The lowest BCUT2D eigenvalue weighted by Crippen LogP contribution is -2.36. The Balaban J connectivity index is 1.77. The Labute approximate surface area is 148 Å². The number of amides is 1. The van der Waals surface area contributed by atoms with Gasteiger partial charge in [0.05, 0.1) is 24.6 Å². The molecule has 6 heteroatoms. The molecule has 0 radical (unpaired) electrons. The molecule has 0 atom stereocenters. The zero-order valence-corrected chi connectivity index (χ0v) is 14.7. The van der Waals surface area contributed by atoms with Gasteiger partial charge < -0.3 is 20.3 Å². The lowest BCUT2D eigenvalue weighted by Gasteiger charge is -2.30. The van der Waals surface area contributed by atoms with Crippen LogP contribution in [-0.4, -0.2) is 43.2 Å². The van der Waals surface area contributed by atoms with Gasteiger partial charge in [0.25, 0.3) is 5.91 Å². The number of hydrogen-bond donors (Lipinski definition) is 2. The summed E-state index contributed by atoms with van der Waals surface area (Å²) in [5.41, 5.74) is 3.08. The van der Waals surface area contributed by atoms with Gasteiger partial charge in [-0.25, -0.2) is 0 Å². The number of hydrogen-bond acceptors (Lipinski definition) is 5. The zero-order valence-electron chi connectivity index (χ0n) is 14.7. The number of ether oxygens (including phenoxy) is 1. The highest BCUT2D eigenvalue weighted by molar-refractivity contribution is 6.05. The number of aromatic nitrogens is 1. The molecule has 0 bridgehead atoms. The Bertz CT molecular complexity index is 727. The summed E-state index contributed by atoms with van der Waals surface area (Å²) in [7, 11) is 0. The maximum absolute atomic E-state index is 12.6. The van der Waals surface area contributed by atoms with Crippen molar-refractivity contribution in [3.05, 3.63) is 48.3 Å². The van der Waals surface area contributed by atoms with Gasteiger partial charge in [-0.3, -0.25) is 9.78 Å². The van der Waals surface area contributed by atoms with Crippen molar-refractivity contribution in [2.24, 2.45) is 0 Å². The Morgan fingerprint density at radius 1 is 1.20 bits per heavy atom. The van der Waals surface area contributed by atoms with E-state index in [1.807, 2.05) is 30.3 Å². The van der Waals surface area contributed by atoms with E-state index in [9.17, 15) is 4.79 Å². The Morgan fingerprint density at radius 3 is 2.72 bits per heavy atom. The third-order valence-corrected chi connectivity index (χ3v) is 3.95. The minimum atomic E-state index is -0.215. The van der Waals surface area contributed by atoms with Crippen molar-refractivity contribution in [3.8, 4) is 0 Å². The molecule has 25 heavy (non-hydrogen) atoms. The van der Waals surface area contributed by atoms with Crippen molar-refractivity contribution in [1.29, 1.82) is 0 Å². The molecule has 0 saturated carbocycles. The minimum Gasteiger partial charge on any atom is -0.383 e. The molecule has 0 spiro atoms. The Kier molecular flexibility index (Phi) is 5.50. The number of morpholine rings is 1. The van der Waals surface area contributed by atoms with Crippen LogP contribution in [0.25, 0.3) is 0 Å². The van der Waals surface area contributed by atoms with Gasteiger partial charge in [-0.05, 0) is 38.1 Å². The molecule has 1 amide bonds. The van der Waals surface area contributed by atoms with Gasteiger partial charge in [-0.15, -0.1) is 0 Å². The van der Waals surface area contributed by atoms with Crippen molar-refractivity contribution in [2.75, 3.05) is 41.8 Å². The second kappa shape index (κ2) is 7.98. The van der Waals surface area contributed by atoms with E-state index < -0.39 is 0 Å². The van der Waals surface area contributed by atoms with E-state index in [4.69, 9.17) is 4.74 Å². The fourth-order valence-corrected chi connectivity index (χ4v) is 2.82. The summed E-state index contributed by atoms with van der Waals surface area (Å²) in [6.45, 7) is 7.15. The normalized spacial score (nSPS) is 14.4. The van der Waals surface area contributed by atoms with Crippen molar-refractivity contribution < 1.29 is 9.53 Å². The second-order valence-electron chi connectivity index (χ2n) is 6.30. The standard InChI is InChI=1S/C19H24N4O2/c1-14(2)21-15-7-8-20-17(13-15)19(24)22-16-5-3-4-6-18(16)23-9-11-25-12-10-23/h3-8,13-14H,9-12H2,1-2H3,(H,20,21)(H,22,24). The molecule has 1 aromatic carbocycles. The lowest BCUT2D eigenvalue weighted by molar-refractivity contribution is 0.102. The van der Waals surface area contributed by atoms with E-state index in [1.54, 1.807) is 12.3 Å². The van der Waals surface area contributed by atoms with E-state index in [1.165, 1.54) is 0 Å². The summed E-state index contributed by atoms with van der Waals surface area (Å²) in [5.74, 6) is -0.215. The molecule has 2 heterocycles. The quantitative estimate of drug-likeness (QED) is 0.876. The van der Waals surface area contributed by atoms with Crippen LogP contribution in [0, 0.1) is 0 Å². The summed E-state index contributed by atoms with van der Waals surface area (Å²) in [6, 6.07) is 11.8. The fraction of sp³-hybridized carbons (Fsp3) is 0.368. The summed E-state index contributed by atoms with van der Waals surface area (Å²) >= 11 is 0. The van der Waals surface area contributed by atoms with Gasteiger partial charge in [0.15, 0.2) is 0 Å². The largest absolute Gasteiger partial charge is 0.383 e. The molecule has 1 aliphatic heterocycles. The van der Waals surface area contributed by atoms with E-state index in [2.05, 4.69) is 34.4 Å². The summed E-state index contributed by atoms with van der Waals surface area (Å²) in [6.07, 6.45) is 1.65. The summed E-state index contributed by atoms with van der Waals surface area (Å²) in [4.78, 5) is 19.1. The van der Waals surface area contributed by atoms with Crippen LogP contribution in [0.15, 0.2) is 42.6 Å². The number of benzene rings is 1. The van der Waals surface area contributed by atoms with E-state index in [0.29, 0.717) is 24.9 Å². The van der Waals surface area contributed by atoms with E-state index in [0.717, 1.165) is 30.2 Å². The topological polar surface area (TPSA) is 66.5 Å². The molecule has 1 fully saturated rings. The number of anilines is 3. The second-order valence-corrected chi connectivity index (χ2v) is 6.30. The van der Waals surface area contributed by atoms with E-state index in [-0.39, 0.29) is 5.91 Å². The minimum absolute atomic E-state index is 0.215. The molecule has 1 aliphatic rings. The van der Waals surface area contributed by atoms with Crippen molar-refractivity contribution >= 4 is 23.0 Å². The number of pyridine rings is 1. The first kappa shape index (κ1) is 17.2. The number of nitrogens with zero attached hydrogens (tertiary/aromatic N) is 2. The average molecular weight is 340 g/mol. The summed E-state index contributed by atoms with van der Waals surface area (Å²) in [5, 5.41) is 6.28. The number of carbonyl (C=O) groups excluding carboxylic acids is 1. The zero-order chi connectivity index (χ0) is 17.6. The molecule has 0 unspecified atom stereocenters. The molecule has 0 aliphatic carbocycles. The SMILES string of the molecule is CC(C)Nc1ccnc(C(=O)Nc2ccccc2N2CCOCC2)c1. The average Bonchev–Trinajstić information content (AvgIpc) is 2.62. The maximum atomic E-state index is 12.6. The number of carbonyl (C=O) groups is 1. The maximum Gasteiger partial charge on any atom is 0.274 e. The van der Waals surface area contributed by atoms with Gasteiger partial charge >= 0.3 is 0 Å². The van der Waals surface area contributed by atoms with Crippen LogP contribution < -0.4 is 15.5 Å². The van der Waals surface area contributed by atoms with Crippen LogP contribution in [0.2, 0.25) is 0 Å². The van der Waals surface area contributed by atoms with Crippen LogP contribution in [0.5, 0.6) is 0 Å². The Hall–Kier alpha value is -2.60. The molecule has 1 saturated heterocycles. The lowest BCUT2D eigenvalue weighted by atomic mass is 10.2. The first-order valence-corrected chi connectivity index (χ1v) is 8.59. The highest BCUT2D eigenvalue weighted by Crippen LogP contribution is 2.26. The van der Waals surface area contributed by atoms with Gasteiger partial charge in [-0.2, -0.15) is 0 Å². The molecule has 2 N–H and O–H groups in total. The predicted molar refractivity (Wildman–Crippen MR) is 100 cm³/mol. The monoisotopic (exact) mass is 340 g/mol. The third-order valence-electron chi connectivity index (χ3n) is 3.95. The molecule has 6 nitrogen and oxygen atoms in total. The molecule has 132 valence electrons. The van der Waals surface area contributed by atoms with Crippen LogP contribution in [0.3, 0.4) is 0 Å². The first-order valence-electron chi connectivity index (χ1n) is 8.59. The van der Waals surface area contributed by atoms with Gasteiger partial charge in [-0.1, -0.05) is 12.1 Å². The van der Waals surface area contributed by atoms with Crippen molar-refractivity contribution in [1.82, 2.24) is 4.98 Å². The van der Waals surface area contributed by atoms with Crippen molar-refractivity contribution in [3.63, 3.8) is 0 Å². The molecular formula is C19H24N4O2. The fourth-order valence-electron chi connectivity index (χ4n) is 2.82. The molecule has 3 rings (SSSR count). The van der Waals surface area contributed by atoms with Gasteiger partial charge in [0, 0.05) is 31.0 Å². The van der Waals surface area contributed by atoms with Crippen LogP contribution in [0.4, 0.5) is 17.1 Å². The third kappa shape index (κ3) is 4.48. The smallest absolute Gasteiger partial charge is 0.274 e. The number of rotatable bonds is 5. The summed E-state index contributed by atoms with van der Waals surface area (Å²) < 4.78 is 5.41.